The minimum absolute atomic E-state index is 0.0395. The van der Waals surface area contributed by atoms with Crippen LogP contribution in [0.1, 0.15) is 56.6 Å². The van der Waals surface area contributed by atoms with Gasteiger partial charge in [-0.3, -0.25) is 9.69 Å². The van der Waals surface area contributed by atoms with Gasteiger partial charge < -0.3 is 10.1 Å². The van der Waals surface area contributed by atoms with Crippen LogP contribution in [0, 0.1) is 5.82 Å². The molecule has 25 heavy (non-hydrogen) atoms. The molecule has 4 rings (SSSR count). The molecule has 1 amide bonds. The van der Waals surface area contributed by atoms with Crippen LogP contribution in [-0.2, 0) is 9.53 Å². The molecule has 3 atom stereocenters. The van der Waals surface area contributed by atoms with E-state index < -0.39 is 0 Å². The van der Waals surface area contributed by atoms with Crippen molar-refractivity contribution < 1.29 is 13.9 Å². The number of nitrogens with one attached hydrogen (secondary N) is 1. The number of amides is 1. The lowest BCUT2D eigenvalue weighted by Gasteiger charge is -2.40. The Morgan fingerprint density at radius 1 is 1.12 bits per heavy atom. The van der Waals surface area contributed by atoms with E-state index in [2.05, 4.69) is 10.2 Å². The summed E-state index contributed by atoms with van der Waals surface area (Å²) in [4.78, 5) is 14.7. The molecule has 1 N–H and O–H groups in total. The fraction of sp³-hybridized carbons (Fsp3) is 0.650. The normalized spacial score (nSPS) is 31.9. The molecule has 3 heterocycles. The van der Waals surface area contributed by atoms with Crippen LogP contribution in [0.4, 0.5) is 4.39 Å². The summed E-state index contributed by atoms with van der Waals surface area (Å²) in [5.74, 6) is 0.0148. The van der Waals surface area contributed by atoms with Crippen LogP contribution in [0.5, 0.6) is 0 Å². The zero-order valence-electron chi connectivity index (χ0n) is 14.6. The van der Waals surface area contributed by atoms with E-state index in [9.17, 15) is 9.18 Å². The molecule has 3 aliphatic heterocycles. The average Bonchev–Trinajstić information content (AvgIpc) is 2.95. The quantitative estimate of drug-likeness (QED) is 0.894. The van der Waals surface area contributed by atoms with E-state index in [1.807, 2.05) is 12.1 Å². The largest absolute Gasteiger partial charge is 0.381 e. The number of rotatable bonds is 2. The Morgan fingerprint density at radius 2 is 1.92 bits per heavy atom. The first kappa shape index (κ1) is 17.0. The third kappa shape index (κ3) is 3.44. The summed E-state index contributed by atoms with van der Waals surface area (Å²) >= 11 is 0. The molecular formula is C20H27FN2O2. The highest BCUT2D eigenvalue weighted by Crippen LogP contribution is 2.43. The Kier molecular flexibility index (Phi) is 5.04. The molecule has 0 aromatic heterocycles. The topological polar surface area (TPSA) is 41.6 Å². The zero-order chi connectivity index (χ0) is 17.2. The first-order valence-corrected chi connectivity index (χ1v) is 9.63. The van der Waals surface area contributed by atoms with Crippen molar-refractivity contribution in [2.75, 3.05) is 13.2 Å². The maximum Gasteiger partial charge on any atom is 0.220 e. The number of ether oxygens (including phenoxy) is 1. The summed E-state index contributed by atoms with van der Waals surface area (Å²) in [6.45, 7) is 1.55. The molecule has 0 saturated carbocycles. The van der Waals surface area contributed by atoms with Crippen molar-refractivity contribution >= 4 is 5.91 Å². The second kappa shape index (κ2) is 7.42. The van der Waals surface area contributed by atoms with E-state index in [4.69, 9.17) is 4.74 Å². The molecule has 3 aliphatic rings. The van der Waals surface area contributed by atoms with E-state index in [0.29, 0.717) is 18.5 Å². The second-order valence-corrected chi connectivity index (χ2v) is 7.55. The van der Waals surface area contributed by atoms with Gasteiger partial charge >= 0.3 is 0 Å². The monoisotopic (exact) mass is 346 g/mol. The molecule has 3 fully saturated rings. The van der Waals surface area contributed by atoms with Crippen molar-refractivity contribution in [1.29, 1.82) is 0 Å². The van der Waals surface area contributed by atoms with Gasteiger partial charge in [-0.15, -0.1) is 0 Å². The van der Waals surface area contributed by atoms with Gasteiger partial charge in [-0.05, 0) is 38.2 Å². The molecule has 0 spiro atoms. The Bertz CT molecular complexity index is 617. The van der Waals surface area contributed by atoms with Gasteiger partial charge in [0, 0.05) is 49.4 Å². The molecule has 0 unspecified atom stereocenters. The van der Waals surface area contributed by atoms with Gasteiger partial charge in [-0.25, -0.2) is 4.39 Å². The molecule has 3 saturated heterocycles. The number of likely N-dealkylation sites (tertiary alicyclic amines) is 1. The molecule has 136 valence electrons. The lowest BCUT2D eigenvalue weighted by molar-refractivity contribution is -0.122. The third-order valence-electron chi connectivity index (χ3n) is 6.06. The lowest BCUT2D eigenvalue weighted by Crippen LogP contribution is -2.50. The summed E-state index contributed by atoms with van der Waals surface area (Å²) in [5.41, 5.74) is 0.773. The van der Waals surface area contributed by atoms with Gasteiger partial charge in [-0.2, -0.15) is 0 Å². The van der Waals surface area contributed by atoms with Crippen molar-refractivity contribution in [3.63, 3.8) is 0 Å². The Morgan fingerprint density at radius 3 is 2.72 bits per heavy atom. The number of halogens is 1. The van der Waals surface area contributed by atoms with Crippen LogP contribution < -0.4 is 5.32 Å². The smallest absolute Gasteiger partial charge is 0.220 e. The van der Waals surface area contributed by atoms with Crippen LogP contribution in [0.3, 0.4) is 0 Å². The highest BCUT2D eigenvalue weighted by atomic mass is 19.1. The van der Waals surface area contributed by atoms with Gasteiger partial charge in [-0.1, -0.05) is 24.6 Å². The van der Waals surface area contributed by atoms with E-state index >= 15 is 0 Å². The van der Waals surface area contributed by atoms with Crippen molar-refractivity contribution in [3.8, 4) is 0 Å². The first-order valence-electron chi connectivity index (χ1n) is 9.63. The molecule has 5 heteroatoms. The van der Waals surface area contributed by atoms with Crippen molar-refractivity contribution in [1.82, 2.24) is 10.2 Å². The van der Waals surface area contributed by atoms with Crippen molar-refractivity contribution in [2.24, 2.45) is 0 Å². The molecular weight excluding hydrogens is 319 g/mol. The highest BCUT2D eigenvalue weighted by molar-refractivity contribution is 5.76. The minimum atomic E-state index is -0.134. The van der Waals surface area contributed by atoms with Gasteiger partial charge in [0.15, 0.2) is 0 Å². The van der Waals surface area contributed by atoms with Gasteiger partial charge in [0.25, 0.3) is 0 Å². The lowest BCUT2D eigenvalue weighted by atomic mass is 9.97. The number of benzene rings is 1. The number of carbonyl (C=O) groups is 1. The van der Waals surface area contributed by atoms with E-state index in [1.165, 1.54) is 0 Å². The predicted octanol–water partition coefficient (Wildman–Crippen LogP) is 3.18. The molecule has 1 aromatic carbocycles. The second-order valence-electron chi connectivity index (χ2n) is 7.55. The number of carbonyl (C=O) groups excluding carboxylic acids is 1. The highest BCUT2D eigenvalue weighted by Gasteiger charge is 2.46. The molecule has 1 aromatic rings. The van der Waals surface area contributed by atoms with Gasteiger partial charge in [0.1, 0.15) is 5.82 Å². The average molecular weight is 346 g/mol. The van der Waals surface area contributed by atoms with E-state index in [0.717, 1.165) is 57.3 Å². The molecule has 0 radical (unpaired) electrons. The SMILES string of the molecule is O=C1CCCC[C@H]2[C@@H](C[C@@H](c3ccccc3F)N2C2CCOCC2)N1. The Hall–Kier alpha value is -1.46. The summed E-state index contributed by atoms with van der Waals surface area (Å²) in [6, 6.07) is 8.00. The van der Waals surface area contributed by atoms with Crippen LogP contribution in [-0.4, -0.2) is 42.1 Å². The summed E-state index contributed by atoms with van der Waals surface area (Å²) < 4.78 is 20.1. The molecule has 4 nitrogen and oxygen atoms in total. The van der Waals surface area contributed by atoms with Crippen LogP contribution in [0.15, 0.2) is 24.3 Å². The number of nitrogens with zero attached hydrogens (tertiary/aromatic N) is 1. The Balaban J connectivity index is 1.67. The van der Waals surface area contributed by atoms with E-state index in [-0.39, 0.29) is 23.8 Å². The maximum atomic E-state index is 14.6. The van der Waals surface area contributed by atoms with Crippen molar-refractivity contribution in [3.05, 3.63) is 35.6 Å². The number of hydrogen-bond donors (Lipinski definition) is 1. The van der Waals surface area contributed by atoms with Crippen LogP contribution in [0.2, 0.25) is 0 Å². The maximum absolute atomic E-state index is 14.6. The van der Waals surface area contributed by atoms with Crippen LogP contribution >= 0.6 is 0 Å². The van der Waals surface area contributed by atoms with Crippen molar-refractivity contribution in [2.45, 2.75) is 69.1 Å². The predicted molar refractivity (Wildman–Crippen MR) is 93.6 cm³/mol. The zero-order valence-corrected chi connectivity index (χ0v) is 14.6. The fourth-order valence-electron chi connectivity index (χ4n) is 4.92. The Labute approximate surface area is 148 Å². The number of hydrogen-bond acceptors (Lipinski definition) is 3. The summed E-state index contributed by atoms with van der Waals surface area (Å²) in [5, 5.41) is 3.23. The van der Waals surface area contributed by atoms with Gasteiger partial charge in [0.05, 0.1) is 0 Å². The first-order chi connectivity index (χ1) is 12.2. The van der Waals surface area contributed by atoms with Crippen LogP contribution in [0.25, 0.3) is 0 Å². The third-order valence-corrected chi connectivity index (χ3v) is 6.06. The molecule has 0 aliphatic carbocycles. The minimum Gasteiger partial charge on any atom is -0.381 e. The summed E-state index contributed by atoms with van der Waals surface area (Å²) in [6.07, 6.45) is 6.48. The van der Waals surface area contributed by atoms with Gasteiger partial charge in [0.2, 0.25) is 5.91 Å². The standard InChI is InChI=1S/C20H27FN2O2/c21-16-6-2-1-5-15(16)19-13-17-18(7-3-4-8-20(24)22-17)23(19)14-9-11-25-12-10-14/h1-2,5-6,14,17-19H,3-4,7-13H2,(H,22,24)/t17-,18+,19+/m1/s1. The molecule has 0 bridgehead atoms. The number of fused-ring (bicyclic) bond motifs is 1. The fourth-order valence-corrected chi connectivity index (χ4v) is 4.92. The summed E-state index contributed by atoms with van der Waals surface area (Å²) in [7, 11) is 0. The van der Waals surface area contributed by atoms with E-state index in [1.54, 1.807) is 12.1 Å².